The summed E-state index contributed by atoms with van der Waals surface area (Å²) in [6.07, 6.45) is 16.6. The first-order valence-corrected chi connectivity index (χ1v) is 10.4. The average molecular weight is 339 g/mol. The van der Waals surface area contributed by atoms with Crippen molar-refractivity contribution >= 4 is 17.3 Å². The van der Waals surface area contributed by atoms with Crippen LogP contribution in [0.4, 0.5) is 0 Å². The Kier molecular flexibility index (Phi) is 11.9. The molecule has 2 nitrogen and oxygen atoms in total. The number of rotatable bonds is 15. The van der Waals surface area contributed by atoms with Gasteiger partial charge in [0.05, 0.1) is 0 Å². The van der Waals surface area contributed by atoms with Gasteiger partial charge < -0.3 is 5.11 Å². The van der Waals surface area contributed by atoms with Gasteiger partial charge in [0.2, 0.25) is 0 Å². The van der Waals surface area contributed by atoms with Gasteiger partial charge in [0.1, 0.15) is 0 Å². The van der Waals surface area contributed by atoms with Crippen molar-refractivity contribution in [2.24, 2.45) is 0 Å². The van der Waals surface area contributed by atoms with Crippen molar-refractivity contribution in [3.05, 3.63) is 21.9 Å². The number of carboxylic acid groups (broad SMARTS) is 1. The van der Waals surface area contributed by atoms with Crippen molar-refractivity contribution in [1.82, 2.24) is 0 Å². The second-order valence-corrected chi connectivity index (χ2v) is 7.55. The van der Waals surface area contributed by atoms with Gasteiger partial charge in [-0.15, -0.1) is 11.3 Å². The van der Waals surface area contributed by atoms with Gasteiger partial charge in [-0.05, 0) is 49.1 Å². The molecule has 1 aromatic heterocycles. The molecular formula is C20H34O2S. The van der Waals surface area contributed by atoms with Crippen LogP contribution in [-0.4, -0.2) is 11.1 Å². The average Bonchev–Trinajstić information content (AvgIpc) is 2.97. The second-order valence-electron chi connectivity index (χ2n) is 6.55. The lowest BCUT2D eigenvalue weighted by atomic mass is 10.0. The fraction of sp³-hybridized carbons (Fsp3) is 0.750. The Bertz CT molecular complexity index is 412. The van der Waals surface area contributed by atoms with Crippen LogP contribution in [-0.2, 0) is 17.6 Å². The molecule has 3 heteroatoms. The van der Waals surface area contributed by atoms with E-state index < -0.39 is 5.97 Å². The summed E-state index contributed by atoms with van der Waals surface area (Å²) in [5.41, 5.74) is 1.54. The van der Waals surface area contributed by atoms with Crippen molar-refractivity contribution in [2.75, 3.05) is 0 Å². The summed E-state index contributed by atoms with van der Waals surface area (Å²) >= 11 is 1.87. The van der Waals surface area contributed by atoms with Crippen LogP contribution in [0.3, 0.4) is 0 Å². The SMILES string of the molecule is CCCCCCCCCCc1ccsc1CCCCCC(=O)O. The molecule has 0 amide bonds. The predicted octanol–water partition coefficient (Wildman–Crippen LogP) is 6.62. The van der Waals surface area contributed by atoms with Crippen molar-refractivity contribution < 1.29 is 9.90 Å². The number of aryl methyl sites for hydroxylation is 2. The van der Waals surface area contributed by atoms with Gasteiger partial charge in [-0.1, -0.05) is 58.3 Å². The van der Waals surface area contributed by atoms with E-state index in [1.54, 1.807) is 5.56 Å². The lowest BCUT2D eigenvalue weighted by Crippen LogP contribution is -1.95. The van der Waals surface area contributed by atoms with Crippen LogP contribution in [0, 0.1) is 0 Å². The number of thiophene rings is 1. The molecule has 0 aliphatic rings. The maximum Gasteiger partial charge on any atom is 0.303 e. The highest BCUT2D eigenvalue weighted by Crippen LogP contribution is 2.22. The maximum absolute atomic E-state index is 10.5. The van der Waals surface area contributed by atoms with Gasteiger partial charge >= 0.3 is 5.97 Å². The summed E-state index contributed by atoms with van der Waals surface area (Å²) in [7, 11) is 0. The summed E-state index contributed by atoms with van der Waals surface area (Å²) in [6, 6.07) is 2.29. The van der Waals surface area contributed by atoms with E-state index in [-0.39, 0.29) is 0 Å². The third-order valence-corrected chi connectivity index (χ3v) is 5.45. The fourth-order valence-electron chi connectivity index (χ4n) is 3.00. The van der Waals surface area contributed by atoms with Crippen LogP contribution in [0.25, 0.3) is 0 Å². The molecule has 0 aromatic carbocycles. The van der Waals surface area contributed by atoms with E-state index in [2.05, 4.69) is 18.4 Å². The number of carbonyl (C=O) groups is 1. The molecule has 0 fully saturated rings. The Labute approximate surface area is 146 Å². The minimum absolute atomic E-state index is 0.315. The molecule has 0 saturated heterocycles. The minimum Gasteiger partial charge on any atom is -0.481 e. The molecule has 1 rings (SSSR count). The highest BCUT2D eigenvalue weighted by molar-refractivity contribution is 7.10. The Hall–Kier alpha value is -0.830. The zero-order valence-corrected chi connectivity index (χ0v) is 15.6. The van der Waals surface area contributed by atoms with Gasteiger partial charge in [-0.25, -0.2) is 0 Å². The molecule has 0 aliphatic heterocycles. The molecule has 0 spiro atoms. The van der Waals surface area contributed by atoms with Gasteiger partial charge in [-0.3, -0.25) is 4.79 Å². The quantitative estimate of drug-likeness (QED) is 0.365. The molecule has 23 heavy (non-hydrogen) atoms. The molecule has 1 N–H and O–H groups in total. The molecule has 0 aliphatic carbocycles. The molecule has 1 aromatic rings. The Balaban J connectivity index is 2.06. The second kappa shape index (κ2) is 13.6. The van der Waals surface area contributed by atoms with Gasteiger partial charge in [0.25, 0.3) is 0 Å². The molecule has 0 unspecified atom stereocenters. The molecule has 0 radical (unpaired) electrons. The van der Waals surface area contributed by atoms with Gasteiger partial charge in [0, 0.05) is 11.3 Å². The van der Waals surface area contributed by atoms with Crippen LogP contribution in [0.1, 0.15) is 94.4 Å². The van der Waals surface area contributed by atoms with Crippen LogP contribution in [0.5, 0.6) is 0 Å². The number of hydrogen-bond donors (Lipinski definition) is 1. The summed E-state index contributed by atoms with van der Waals surface area (Å²) in [4.78, 5) is 12.0. The largest absolute Gasteiger partial charge is 0.481 e. The van der Waals surface area contributed by atoms with E-state index in [1.165, 1.54) is 62.7 Å². The lowest BCUT2D eigenvalue weighted by Gasteiger charge is -2.05. The highest BCUT2D eigenvalue weighted by Gasteiger charge is 2.05. The first-order valence-electron chi connectivity index (χ1n) is 9.51. The van der Waals surface area contributed by atoms with Crippen molar-refractivity contribution in [3.63, 3.8) is 0 Å². The van der Waals surface area contributed by atoms with E-state index in [0.29, 0.717) is 6.42 Å². The Morgan fingerprint density at radius 1 is 0.913 bits per heavy atom. The fourth-order valence-corrected chi connectivity index (χ4v) is 3.98. The third kappa shape index (κ3) is 10.5. The van der Waals surface area contributed by atoms with E-state index in [4.69, 9.17) is 5.11 Å². The number of hydrogen-bond acceptors (Lipinski definition) is 2. The predicted molar refractivity (Wildman–Crippen MR) is 100 cm³/mol. The molecule has 1 heterocycles. The van der Waals surface area contributed by atoms with E-state index in [1.807, 2.05) is 11.3 Å². The summed E-state index contributed by atoms with van der Waals surface area (Å²) in [5.74, 6) is -0.670. The Morgan fingerprint density at radius 3 is 2.22 bits per heavy atom. The topological polar surface area (TPSA) is 37.3 Å². The van der Waals surface area contributed by atoms with Gasteiger partial charge in [-0.2, -0.15) is 0 Å². The number of carboxylic acids is 1. The van der Waals surface area contributed by atoms with E-state index in [0.717, 1.165) is 25.7 Å². The smallest absolute Gasteiger partial charge is 0.303 e. The summed E-state index contributed by atoms with van der Waals surface area (Å²) < 4.78 is 0. The zero-order valence-electron chi connectivity index (χ0n) is 14.8. The highest BCUT2D eigenvalue weighted by atomic mass is 32.1. The monoisotopic (exact) mass is 338 g/mol. The van der Waals surface area contributed by atoms with E-state index >= 15 is 0 Å². The number of aliphatic carboxylic acids is 1. The van der Waals surface area contributed by atoms with Crippen molar-refractivity contribution in [2.45, 2.75) is 96.8 Å². The first-order chi connectivity index (χ1) is 11.2. The van der Waals surface area contributed by atoms with E-state index in [9.17, 15) is 4.79 Å². The number of unbranched alkanes of at least 4 members (excludes halogenated alkanes) is 9. The molecule has 0 bridgehead atoms. The van der Waals surface area contributed by atoms with Crippen LogP contribution in [0.15, 0.2) is 11.4 Å². The minimum atomic E-state index is -0.670. The van der Waals surface area contributed by atoms with Crippen LogP contribution in [0.2, 0.25) is 0 Å². The molecule has 0 atom stereocenters. The molecular weight excluding hydrogens is 304 g/mol. The zero-order chi connectivity index (χ0) is 16.8. The van der Waals surface area contributed by atoms with Crippen molar-refractivity contribution in [1.29, 1.82) is 0 Å². The lowest BCUT2D eigenvalue weighted by molar-refractivity contribution is -0.137. The molecule has 0 saturated carbocycles. The van der Waals surface area contributed by atoms with Crippen LogP contribution >= 0.6 is 11.3 Å². The van der Waals surface area contributed by atoms with Crippen molar-refractivity contribution in [3.8, 4) is 0 Å². The standard InChI is InChI=1S/C20H34O2S/c1-2-3-4-5-6-7-8-10-13-18-16-17-23-19(18)14-11-9-12-15-20(21)22/h16-17H,2-15H2,1H3,(H,21,22). The Morgan fingerprint density at radius 2 is 1.52 bits per heavy atom. The summed E-state index contributed by atoms with van der Waals surface area (Å²) in [6.45, 7) is 2.27. The first kappa shape index (κ1) is 20.2. The summed E-state index contributed by atoms with van der Waals surface area (Å²) in [5, 5.41) is 10.9. The molecule has 132 valence electrons. The maximum atomic E-state index is 10.5. The van der Waals surface area contributed by atoms with Crippen LogP contribution < -0.4 is 0 Å². The van der Waals surface area contributed by atoms with Gasteiger partial charge in [0.15, 0.2) is 0 Å². The third-order valence-electron chi connectivity index (χ3n) is 4.43. The normalized spacial score (nSPS) is 11.0.